The molecule has 1 unspecified atom stereocenters. The smallest absolute Gasteiger partial charge is 0.0581 e. The van der Waals surface area contributed by atoms with E-state index in [-0.39, 0.29) is 5.25 Å². The van der Waals surface area contributed by atoms with Gasteiger partial charge in [0.1, 0.15) is 0 Å². The fourth-order valence-corrected chi connectivity index (χ4v) is 1.27. The summed E-state index contributed by atoms with van der Waals surface area (Å²) in [5.74, 6) is 0.672. The Morgan fingerprint density at radius 2 is 2.10 bits per heavy atom. The van der Waals surface area contributed by atoms with Crippen molar-refractivity contribution >= 4 is 10.8 Å². The minimum atomic E-state index is -0.698. The van der Waals surface area contributed by atoms with E-state index in [4.69, 9.17) is 4.74 Å². The van der Waals surface area contributed by atoms with Crippen LogP contribution in [0.1, 0.15) is 20.8 Å². The molecule has 10 heavy (non-hydrogen) atoms. The van der Waals surface area contributed by atoms with Crippen LogP contribution in [0.4, 0.5) is 0 Å². The van der Waals surface area contributed by atoms with Gasteiger partial charge in [-0.3, -0.25) is 4.21 Å². The Morgan fingerprint density at radius 1 is 1.50 bits per heavy atom. The molecule has 0 aliphatic carbocycles. The molecule has 0 fully saturated rings. The predicted octanol–water partition coefficient (Wildman–Crippen LogP) is 1.18. The summed E-state index contributed by atoms with van der Waals surface area (Å²) in [4.78, 5) is 0. The Kier molecular flexibility index (Phi) is 5.93. The summed E-state index contributed by atoms with van der Waals surface area (Å²) in [7, 11) is -0.698. The molecule has 1 atom stereocenters. The normalized spacial score (nSPS) is 14.0. The zero-order chi connectivity index (χ0) is 7.98. The molecule has 3 heteroatoms. The van der Waals surface area contributed by atoms with Gasteiger partial charge in [0.15, 0.2) is 0 Å². The predicted molar refractivity (Wildman–Crippen MR) is 44.6 cm³/mol. The van der Waals surface area contributed by atoms with Crippen LogP contribution in [-0.4, -0.2) is 28.4 Å². The van der Waals surface area contributed by atoms with Crippen molar-refractivity contribution in [3.63, 3.8) is 0 Å². The first-order valence-electron chi connectivity index (χ1n) is 3.63. The second kappa shape index (κ2) is 5.86. The summed E-state index contributed by atoms with van der Waals surface area (Å²) in [6.45, 7) is 7.21. The van der Waals surface area contributed by atoms with Crippen molar-refractivity contribution in [2.24, 2.45) is 0 Å². The molecule has 0 spiro atoms. The monoisotopic (exact) mass is 164 g/mol. The summed E-state index contributed by atoms with van der Waals surface area (Å²) in [5, 5.41) is 0.264. The lowest BCUT2D eigenvalue weighted by Crippen LogP contribution is -2.13. The Morgan fingerprint density at radius 3 is 2.50 bits per heavy atom. The fourth-order valence-electron chi connectivity index (χ4n) is 0.521. The standard InChI is InChI=1S/C7H16O2S/c1-4-9-5-6-10(8)7(2)3/h7H,4-6H2,1-3H3. The van der Waals surface area contributed by atoms with Gasteiger partial charge in [0.25, 0.3) is 0 Å². The van der Waals surface area contributed by atoms with Gasteiger partial charge in [-0.2, -0.15) is 0 Å². The van der Waals surface area contributed by atoms with Crippen LogP contribution in [0, 0.1) is 0 Å². The first kappa shape index (κ1) is 10.1. The third kappa shape index (κ3) is 4.94. The van der Waals surface area contributed by atoms with E-state index in [1.54, 1.807) is 0 Å². The minimum absolute atomic E-state index is 0.264. The molecule has 0 saturated heterocycles. The van der Waals surface area contributed by atoms with E-state index < -0.39 is 10.8 Å². The van der Waals surface area contributed by atoms with Gasteiger partial charge in [0.2, 0.25) is 0 Å². The molecule has 0 aromatic rings. The lowest BCUT2D eigenvalue weighted by molar-refractivity contribution is 0.164. The number of ether oxygens (including phenoxy) is 1. The Balaban J connectivity index is 3.22. The molecule has 0 saturated carbocycles. The average molecular weight is 164 g/mol. The summed E-state index contributed by atoms with van der Waals surface area (Å²) >= 11 is 0. The molecule has 0 radical (unpaired) electrons. The molecule has 0 aromatic heterocycles. The number of hydrogen-bond donors (Lipinski definition) is 0. The van der Waals surface area contributed by atoms with Crippen molar-refractivity contribution in [2.75, 3.05) is 19.0 Å². The molecule has 0 aliphatic rings. The Bertz CT molecular complexity index is 102. The minimum Gasteiger partial charge on any atom is -0.381 e. The zero-order valence-electron chi connectivity index (χ0n) is 6.92. The molecule has 0 heterocycles. The highest BCUT2D eigenvalue weighted by molar-refractivity contribution is 7.85. The SMILES string of the molecule is CCOCCS(=O)C(C)C. The van der Waals surface area contributed by atoms with Gasteiger partial charge in [-0.1, -0.05) is 13.8 Å². The van der Waals surface area contributed by atoms with E-state index in [0.29, 0.717) is 12.4 Å². The van der Waals surface area contributed by atoms with E-state index in [9.17, 15) is 4.21 Å². The van der Waals surface area contributed by atoms with Crippen molar-refractivity contribution in [3.05, 3.63) is 0 Å². The van der Waals surface area contributed by atoms with Crippen molar-refractivity contribution in [3.8, 4) is 0 Å². The first-order valence-corrected chi connectivity index (χ1v) is 5.01. The molecule has 0 bridgehead atoms. The van der Waals surface area contributed by atoms with Gasteiger partial charge < -0.3 is 4.74 Å². The molecular weight excluding hydrogens is 148 g/mol. The van der Waals surface area contributed by atoms with Crippen LogP contribution >= 0.6 is 0 Å². The first-order chi connectivity index (χ1) is 4.68. The van der Waals surface area contributed by atoms with Crippen LogP contribution < -0.4 is 0 Å². The van der Waals surface area contributed by atoms with Crippen molar-refractivity contribution in [2.45, 2.75) is 26.0 Å². The van der Waals surface area contributed by atoms with E-state index in [1.807, 2.05) is 20.8 Å². The highest BCUT2D eigenvalue weighted by Gasteiger charge is 2.02. The highest BCUT2D eigenvalue weighted by atomic mass is 32.2. The van der Waals surface area contributed by atoms with Gasteiger partial charge in [-0.25, -0.2) is 0 Å². The lowest BCUT2D eigenvalue weighted by Gasteiger charge is -2.04. The van der Waals surface area contributed by atoms with Gasteiger partial charge in [-0.15, -0.1) is 0 Å². The zero-order valence-corrected chi connectivity index (χ0v) is 7.74. The Hall–Kier alpha value is 0.110. The maximum atomic E-state index is 11.0. The van der Waals surface area contributed by atoms with E-state index in [0.717, 1.165) is 6.61 Å². The summed E-state index contributed by atoms with van der Waals surface area (Å²) in [5.41, 5.74) is 0. The Labute approximate surface area is 65.4 Å². The number of hydrogen-bond acceptors (Lipinski definition) is 2. The van der Waals surface area contributed by atoms with Crippen molar-refractivity contribution in [1.29, 1.82) is 0 Å². The molecule has 0 rings (SSSR count). The summed E-state index contributed by atoms with van der Waals surface area (Å²) < 4.78 is 16.1. The topological polar surface area (TPSA) is 26.3 Å². The van der Waals surface area contributed by atoms with Gasteiger partial charge in [0, 0.05) is 28.4 Å². The highest BCUT2D eigenvalue weighted by Crippen LogP contribution is 1.93. The van der Waals surface area contributed by atoms with Crippen molar-refractivity contribution in [1.82, 2.24) is 0 Å². The average Bonchev–Trinajstić information content (AvgIpc) is 1.88. The van der Waals surface area contributed by atoms with Gasteiger partial charge >= 0.3 is 0 Å². The fraction of sp³-hybridized carbons (Fsp3) is 1.00. The van der Waals surface area contributed by atoms with E-state index >= 15 is 0 Å². The van der Waals surface area contributed by atoms with Crippen molar-refractivity contribution < 1.29 is 8.95 Å². The molecule has 2 nitrogen and oxygen atoms in total. The van der Waals surface area contributed by atoms with Crippen LogP contribution in [0.5, 0.6) is 0 Å². The molecule has 62 valence electrons. The van der Waals surface area contributed by atoms with Crippen LogP contribution in [0.25, 0.3) is 0 Å². The number of rotatable bonds is 5. The van der Waals surface area contributed by atoms with Gasteiger partial charge in [-0.05, 0) is 6.92 Å². The quantitative estimate of drug-likeness (QED) is 0.570. The third-order valence-corrected chi connectivity index (χ3v) is 2.78. The summed E-state index contributed by atoms with van der Waals surface area (Å²) in [6, 6.07) is 0. The van der Waals surface area contributed by atoms with Crippen LogP contribution in [0.3, 0.4) is 0 Å². The maximum absolute atomic E-state index is 11.0. The van der Waals surface area contributed by atoms with Crippen LogP contribution in [0.15, 0.2) is 0 Å². The van der Waals surface area contributed by atoms with Crippen LogP contribution in [0.2, 0.25) is 0 Å². The lowest BCUT2D eigenvalue weighted by atomic mass is 10.6. The largest absolute Gasteiger partial charge is 0.381 e. The van der Waals surface area contributed by atoms with Crippen LogP contribution in [-0.2, 0) is 15.5 Å². The summed E-state index contributed by atoms with van der Waals surface area (Å²) in [6.07, 6.45) is 0. The molecule has 0 aliphatic heterocycles. The molecule has 0 amide bonds. The molecular formula is C7H16O2S. The van der Waals surface area contributed by atoms with E-state index in [1.165, 1.54) is 0 Å². The third-order valence-electron chi connectivity index (χ3n) is 1.16. The maximum Gasteiger partial charge on any atom is 0.0581 e. The van der Waals surface area contributed by atoms with E-state index in [2.05, 4.69) is 0 Å². The molecule has 0 N–H and O–H groups in total. The molecule has 0 aromatic carbocycles. The van der Waals surface area contributed by atoms with Gasteiger partial charge in [0.05, 0.1) is 6.61 Å². The second-order valence-electron chi connectivity index (χ2n) is 2.33. The second-order valence-corrected chi connectivity index (χ2v) is 4.44.